The first kappa shape index (κ1) is 16.8. The van der Waals surface area contributed by atoms with Gasteiger partial charge in [0.15, 0.2) is 0 Å². The summed E-state index contributed by atoms with van der Waals surface area (Å²) in [4.78, 5) is 11.9. The summed E-state index contributed by atoms with van der Waals surface area (Å²) in [6, 6.07) is 7.17. The van der Waals surface area contributed by atoms with Gasteiger partial charge in [0.1, 0.15) is 5.75 Å². The van der Waals surface area contributed by atoms with E-state index in [2.05, 4.69) is 5.32 Å². The molecule has 0 saturated heterocycles. The lowest BCUT2D eigenvalue weighted by Crippen LogP contribution is -2.34. The number of carbonyl (C=O) groups excluding carboxylic acids is 1. The van der Waals surface area contributed by atoms with Crippen LogP contribution in [0.5, 0.6) is 5.75 Å². The maximum atomic E-state index is 11.9. The molecule has 0 heterocycles. The third-order valence-corrected chi connectivity index (χ3v) is 4.72. The fraction of sp³-hybridized carbons (Fsp3) is 0.533. The summed E-state index contributed by atoms with van der Waals surface area (Å²) in [5, 5.41) is 2.76. The van der Waals surface area contributed by atoms with Crippen molar-refractivity contribution in [2.75, 3.05) is 24.7 Å². The van der Waals surface area contributed by atoms with Gasteiger partial charge in [0.2, 0.25) is 15.9 Å². The molecule has 1 aromatic rings. The van der Waals surface area contributed by atoms with Crippen LogP contribution in [0.1, 0.15) is 26.2 Å². The topological polar surface area (TPSA) is 75.7 Å². The molecule has 1 aliphatic rings. The zero-order valence-electron chi connectivity index (χ0n) is 12.9. The van der Waals surface area contributed by atoms with Gasteiger partial charge >= 0.3 is 0 Å². The second kappa shape index (κ2) is 7.11. The quantitative estimate of drug-likeness (QED) is 0.791. The van der Waals surface area contributed by atoms with Gasteiger partial charge in [0, 0.05) is 24.7 Å². The second-order valence-corrected chi connectivity index (χ2v) is 7.30. The molecule has 1 aliphatic carbocycles. The van der Waals surface area contributed by atoms with Crippen LogP contribution in [-0.4, -0.2) is 44.1 Å². The molecule has 2 rings (SSSR count). The normalized spacial score (nSPS) is 14.9. The third kappa shape index (κ3) is 4.99. The van der Waals surface area contributed by atoms with Gasteiger partial charge < -0.3 is 10.1 Å². The summed E-state index contributed by atoms with van der Waals surface area (Å²) >= 11 is 0. The van der Waals surface area contributed by atoms with Gasteiger partial charge in [0.25, 0.3) is 0 Å². The van der Waals surface area contributed by atoms with E-state index in [0.29, 0.717) is 12.3 Å². The van der Waals surface area contributed by atoms with Crippen LogP contribution in [0.15, 0.2) is 24.3 Å². The molecule has 0 unspecified atom stereocenters. The van der Waals surface area contributed by atoms with Gasteiger partial charge in [-0.05, 0) is 44.0 Å². The molecule has 0 radical (unpaired) electrons. The second-order valence-electron chi connectivity index (χ2n) is 5.36. The van der Waals surface area contributed by atoms with Crippen molar-refractivity contribution in [1.82, 2.24) is 4.31 Å². The molecule has 22 heavy (non-hydrogen) atoms. The fourth-order valence-corrected chi connectivity index (χ4v) is 3.39. The Labute approximate surface area is 131 Å². The fourth-order valence-electron chi connectivity index (χ4n) is 2.22. The summed E-state index contributed by atoms with van der Waals surface area (Å²) in [6.07, 6.45) is 3.10. The predicted octanol–water partition coefficient (Wildman–Crippen LogP) is 1.84. The maximum absolute atomic E-state index is 11.9. The Hall–Kier alpha value is -1.60. The minimum atomic E-state index is -3.25. The van der Waals surface area contributed by atoms with Gasteiger partial charge in [-0.2, -0.15) is 4.31 Å². The first-order valence-electron chi connectivity index (χ1n) is 7.39. The van der Waals surface area contributed by atoms with Gasteiger partial charge in [-0.3, -0.25) is 4.79 Å². The van der Waals surface area contributed by atoms with Crippen molar-refractivity contribution in [3.05, 3.63) is 24.3 Å². The zero-order chi connectivity index (χ0) is 16.2. The highest BCUT2D eigenvalue weighted by Crippen LogP contribution is 2.28. The highest BCUT2D eigenvalue weighted by Gasteiger charge is 2.34. The van der Waals surface area contributed by atoms with Crippen molar-refractivity contribution in [3.63, 3.8) is 0 Å². The van der Waals surface area contributed by atoms with E-state index in [-0.39, 0.29) is 24.9 Å². The molecule has 6 nitrogen and oxygen atoms in total. The van der Waals surface area contributed by atoms with Crippen molar-refractivity contribution in [1.29, 1.82) is 0 Å². The van der Waals surface area contributed by atoms with Crippen LogP contribution in [0, 0.1) is 0 Å². The molecule has 122 valence electrons. The molecule has 0 bridgehead atoms. The van der Waals surface area contributed by atoms with E-state index in [1.54, 1.807) is 24.3 Å². The average molecular weight is 326 g/mol. The SMILES string of the molecule is CCOc1ccc(NC(=O)CCN(C2CC2)S(C)(=O)=O)cc1. The van der Waals surface area contributed by atoms with Crippen LogP contribution in [0.2, 0.25) is 0 Å². The van der Waals surface area contributed by atoms with Gasteiger partial charge in [-0.1, -0.05) is 0 Å². The summed E-state index contributed by atoms with van der Waals surface area (Å²) in [5.74, 6) is 0.552. The van der Waals surface area contributed by atoms with E-state index in [0.717, 1.165) is 18.6 Å². The molecular formula is C15H22N2O4S. The molecule has 0 aromatic heterocycles. The molecule has 0 atom stereocenters. The monoisotopic (exact) mass is 326 g/mol. The number of rotatable bonds is 8. The van der Waals surface area contributed by atoms with Crippen molar-refractivity contribution < 1.29 is 17.9 Å². The van der Waals surface area contributed by atoms with Crippen LogP contribution >= 0.6 is 0 Å². The Balaban J connectivity index is 1.84. The molecule has 1 aromatic carbocycles. The maximum Gasteiger partial charge on any atom is 0.225 e. The van der Waals surface area contributed by atoms with E-state index in [4.69, 9.17) is 4.74 Å². The molecule has 0 spiro atoms. The molecule has 0 aliphatic heterocycles. The van der Waals surface area contributed by atoms with Gasteiger partial charge in [-0.25, -0.2) is 8.42 Å². The van der Waals surface area contributed by atoms with Crippen molar-refractivity contribution in [3.8, 4) is 5.75 Å². The van der Waals surface area contributed by atoms with E-state index >= 15 is 0 Å². The van der Waals surface area contributed by atoms with Crippen molar-refractivity contribution in [2.45, 2.75) is 32.2 Å². The zero-order valence-corrected chi connectivity index (χ0v) is 13.7. The Morgan fingerprint density at radius 2 is 1.95 bits per heavy atom. The van der Waals surface area contributed by atoms with Crippen LogP contribution < -0.4 is 10.1 Å². The lowest BCUT2D eigenvalue weighted by Gasteiger charge is -2.18. The predicted molar refractivity (Wildman–Crippen MR) is 85.4 cm³/mol. The lowest BCUT2D eigenvalue weighted by molar-refractivity contribution is -0.116. The first-order chi connectivity index (χ1) is 10.4. The number of carbonyl (C=O) groups is 1. The van der Waals surface area contributed by atoms with Crippen LogP contribution in [0.4, 0.5) is 5.69 Å². The van der Waals surface area contributed by atoms with Crippen LogP contribution in [0.25, 0.3) is 0 Å². The molecule has 1 N–H and O–H groups in total. The third-order valence-electron chi connectivity index (χ3n) is 3.39. The number of hydrogen-bond acceptors (Lipinski definition) is 4. The largest absolute Gasteiger partial charge is 0.494 e. The number of anilines is 1. The van der Waals surface area contributed by atoms with Gasteiger partial charge in [-0.15, -0.1) is 0 Å². The van der Waals surface area contributed by atoms with Crippen molar-refractivity contribution >= 4 is 21.6 Å². The van der Waals surface area contributed by atoms with E-state index in [9.17, 15) is 13.2 Å². The number of sulfonamides is 1. The summed E-state index contributed by atoms with van der Waals surface area (Å²) in [6.45, 7) is 2.73. The molecular weight excluding hydrogens is 304 g/mol. The number of ether oxygens (including phenoxy) is 1. The highest BCUT2D eigenvalue weighted by atomic mass is 32.2. The molecule has 1 fully saturated rings. The molecule has 7 heteroatoms. The Morgan fingerprint density at radius 3 is 2.45 bits per heavy atom. The van der Waals surface area contributed by atoms with Crippen LogP contribution in [-0.2, 0) is 14.8 Å². The standard InChI is InChI=1S/C15H22N2O4S/c1-3-21-14-8-4-12(5-9-14)16-15(18)10-11-17(13-6-7-13)22(2,19)20/h4-5,8-9,13H,3,6-7,10-11H2,1-2H3,(H,16,18). The number of nitrogens with zero attached hydrogens (tertiary/aromatic N) is 1. The number of hydrogen-bond donors (Lipinski definition) is 1. The Morgan fingerprint density at radius 1 is 1.32 bits per heavy atom. The minimum absolute atomic E-state index is 0.0771. The van der Waals surface area contributed by atoms with E-state index < -0.39 is 10.0 Å². The molecule has 1 saturated carbocycles. The number of amides is 1. The first-order valence-corrected chi connectivity index (χ1v) is 9.24. The average Bonchev–Trinajstić information content (AvgIpc) is 3.24. The minimum Gasteiger partial charge on any atom is -0.494 e. The van der Waals surface area contributed by atoms with Crippen LogP contribution in [0.3, 0.4) is 0 Å². The summed E-state index contributed by atoms with van der Waals surface area (Å²) in [5.41, 5.74) is 0.672. The lowest BCUT2D eigenvalue weighted by atomic mass is 10.3. The van der Waals surface area contributed by atoms with Gasteiger partial charge in [0.05, 0.1) is 12.9 Å². The van der Waals surface area contributed by atoms with Crippen molar-refractivity contribution in [2.24, 2.45) is 0 Å². The smallest absolute Gasteiger partial charge is 0.225 e. The number of nitrogens with one attached hydrogen (secondary N) is 1. The van der Waals surface area contributed by atoms with E-state index in [1.807, 2.05) is 6.92 Å². The molecule has 1 amide bonds. The summed E-state index contributed by atoms with van der Waals surface area (Å²) < 4.78 is 30.1. The number of benzene rings is 1. The highest BCUT2D eigenvalue weighted by molar-refractivity contribution is 7.88. The summed E-state index contributed by atoms with van der Waals surface area (Å²) in [7, 11) is -3.25. The Kier molecular flexibility index (Phi) is 5.42. The Bertz CT molecular complexity index is 609. The van der Waals surface area contributed by atoms with E-state index in [1.165, 1.54) is 10.6 Å².